The van der Waals surface area contributed by atoms with Crippen LogP contribution in [-0.2, 0) is 4.79 Å². The van der Waals surface area contributed by atoms with E-state index < -0.39 is 23.1 Å². The summed E-state index contributed by atoms with van der Waals surface area (Å²) in [4.78, 5) is 28.2. The molecular weight excluding hydrogens is 348 g/mol. The van der Waals surface area contributed by atoms with Crippen LogP contribution in [0.1, 0.15) is 6.42 Å². The maximum Gasteiger partial charge on any atom is 0.266 e. The van der Waals surface area contributed by atoms with E-state index in [1.54, 1.807) is 24.3 Å². The first kappa shape index (κ1) is 17.1. The van der Waals surface area contributed by atoms with Crippen LogP contribution < -0.4 is 11.3 Å². The molecule has 0 aliphatic heterocycles. The Morgan fingerprint density at radius 3 is 2.68 bits per heavy atom. The van der Waals surface area contributed by atoms with Gasteiger partial charge >= 0.3 is 0 Å². The number of halogens is 2. The molecule has 0 fully saturated rings. The number of carbonyl (C=O) groups is 1. The number of fused-ring (bicyclic) bond motifs is 1. The zero-order chi connectivity index (χ0) is 18.0. The molecular formula is C17H13F2N3O2S. The van der Waals surface area contributed by atoms with Crippen LogP contribution >= 0.6 is 11.8 Å². The predicted molar refractivity (Wildman–Crippen MR) is 91.8 cm³/mol. The molecule has 128 valence electrons. The van der Waals surface area contributed by atoms with Crippen LogP contribution in [0.3, 0.4) is 0 Å². The quantitative estimate of drug-likeness (QED) is 0.560. The molecule has 0 aliphatic carbocycles. The van der Waals surface area contributed by atoms with E-state index in [1.807, 2.05) is 0 Å². The smallest absolute Gasteiger partial charge is 0.266 e. The normalized spacial score (nSPS) is 11.0. The highest BCUT2D eigenvalue weighted by molar-refractivity contribution is 7.99. The van der Waals surface area contributed by atoms with Crippen molar-refractivity contribution < 1.29 is 13.6 Å². The van der Waals surface area contributed by atoms with Gasteiger partial charge in [0, 0.05) is 18.2 Å². The van der Waals surface area contributed by atoms with Crippen LogP contribution in [0.4, 0.5) is 8.78 Å². The fourth-order valence-electron chi connectivity index (χ4n) is 2.33. The van der Waals surface area contributed by atoms with E-state index >= 15 is 0 Å². The van der Waals surface area contributed by atoms with Gasteiger partial charge in [-0.15, -0.1) is 0 Å². The number of rotatable bonds is 5. The molecule has 0 aliphatic rings. The maximum absolute atomic E-state index is 14.2. The number of nitrogens with two attached hydrogens (primary N) is 1. The lowest BCUT2D eigenvalue weighted by atomic mass is 10.2. The van der Waals surface area contributed by atoms with Gasteiger partial charge in [-0.05, 0) is 24.3 Å². The number of hydrogen-bond donors (Lipinski definition) is 1. The number of thioether (sulfide) groups is 1. The number of amides is 1. The summed E-state index contributed by atoms with van der Waals surface area (Å²) in [6, 6.07) is 9.61. The van der Waals surface area contributed by atoms with Crippen LogP contribution in [-0.4, -0.2) is 21.2 Å². The first-order valence-electron chi connectivity index (χ1n) is 7.35. The number of primary amides is 1. The minimum absolute atomic E-state index is 0.0826. The first-order valence-corrected chi connectivity index (χ1v) is 8.34. The predicted octanol–water partition coefficient (Wildman–Crippen LogP) is 2.63. The van der Waals surface area contributed by atoms with Crippen molar-refractivity contribution in [3.8, 4) is 5.69 Å². The molecule has 0 unspecified atom stereocenters. The van der Waals surface area contributed by atoms with Crippen molar-refractivity contribution in [3.63, 3.8) is 0 Å². The molecule has 1 aromatic heterocycles. The fourth-order valence-corrected chi connectivity index (χ4v) is 3.29. The van der Waals surface area contributed by atoms with Crippen molar-refractivity contribution in [2.45, 2.75) is 11.6 Å². The summed E-state index contributed by atoms with van der Waals surface area (Å²) in [5, 5.41) is 0.515. The highest BCUT2D eigenvalue weighted by Crippen LogP contribution is 2.23. The van der Waals surface area contributed by atoms with Crippen molar-refractivity contribution in [1.29, 1.82) is 0 Å². The number of nitrogens with zero attached hydrogens (tertiary/aromatic N) is 2. The van der Waals surface area contributed by atoms with Crippen molar-refractivity contribution in [2.24, 2.45) is 5.73 Å². The topological polar surface area (TPSA) is 78.0 Å². The lowest BCUT2D eigenvalue weighted by Gasteiger charge is -2.13. The maximum atomic E-state index is 14.2. The standard InChI is InChI=1S/C17H13F2N3O2S/c18-10-5-6-14(12(19)9-10)22-16(24)11-3-1-2-4-13(11)21-17(22)25-8-7-15(20)23/h1-6,9H,7-8H2,(H2,20,23). The van der Waals surface area contributed by atoms with Crippen LogP contribution in [0.5, 0.6) is 0 Å². The average Bonchev–Trinajstić information content (AvgIpc) is 2.56. The van der Waals surface area contributed by atoms with E-state index in [1.165, 1.54) is 6.07 Å². The molecule has 8 heteroatoms. The Balaban J connectivity index is 2.21. The summed E-state index contributed by atoms with van der Waals surface area (Å²) in [6.45, 7) is 0. The number of aromatic nitrogens is 2. The van der Waals surface area contributed by atoms with Crippen LogP contribution in [0.25, 0.3) is 16.6 Å². The molecule has 3 aromatic rings. The zero-order valence-corrected chi connectivity index (χ0v) is 13.7. The summed E-state index contributed by atoms with van der Waals surface area (Å²) < 4.78 is 28.5. The Hall–Kier alpha value is -2.74. The third-order valence-corrected chi connectivity index (χ3v) is 4.42. The van der Waals surface area contributed by atoms with Crippen LogP contribution in [0.2, 0.25) is 0 Å². The second-order valence-electron chi connectivity index (χ2n) is 5.21. The van der Waals surface area contributed by atoms with Crippen molar-refractivity contribution in [1.82, 2.24) is 9.55 Å². The molecule has 0 radical (unpaired) electrons. The van der Waals surface area contributed by atoms with Gasteiger partial charge in [-0.2, -0.15) is 0 Å². The lowest BCUT2D eigenvalue weighted by Crippen LogP contribution is -2.23. The highest BCUT2D eigenvalue weighted by atomic mass is 32.2. The molecule has 2 N–H and O–H groups in total. The second-order valence-corrected chi connectivity index (χ2v) is 6.27. The van der Waals surface area contributed by atoms with Gasteiger partial charge < -0.3 is 5.73 Å². The Kier molecular flexibility index (Phi) is 4.80. The van der Waals surface area contributed by atoms with E-state index in [4.69, 9.17) is 5.73 Å². The molecule has 3 rings (SSSR count). The molecule has 0 spiro atoms. The number of carbonyl (C=O) groups excluding carboxylic acids is 1. The third-order valence-electron chi connectivity index (χ3n) is 3.48. The Morgan fingerprint density at radius 2 is 1.96 bits per heavy atom. The van der Waals surface area contributed by atoms with Crippen molar-refractivity contribution in [3.05, 3.63) is 64.5 Å². The molecule has 0 atom stereocenters. The molecule has 0 saturated carbocycles. The van der Waals surface area contributed by atoms with Crippen molar-refractivity contribution in [2.75, 3.05) is 5.75 Å². The van der Waals surface area contributed by atoms with Gasteiger partial charge in [0.1, 0.15) is 11.6 Å². The van der Waals surface area contributed by atoms with Crippen LogP contribution in [0.15, 0.2) is 52.4 Å². The minimum Gasteiger partial charge on any atom is -0.370 e. The van der Waals surface area contributed by atoms with E-state index in [0.29, 0.717) is 17.0 Å². The van der Waals surface area contributed by atoms with Gasteiger partial charge in [-0.1, -0.05) is 23.9 Å². The summed E-state index contributed by atoms with van der Waals surface area (Å²) in [7, 11) is 0. The lowest BCUT2D eigenvalue weighted by molar-refractivity contribution is -0.117. The Labute approximate surface area is 145 Å². The summed E-state index contributed by atoms with van der Waals surface area (Å²) >= 11 is 1.10. The number of para-hydroxylation sites is 1. The Bertz CT molecular complexity index is 1020. The summed E-state index contributed by atoms with van der Waals surface area (Å²) in [5.41, 5.74) is 5.00. The van der Waals surface area contributed by atoms with E-state index in [-0.39, 0.29) is 23.0 Å². The third kappa shape index (κ3) is 3.53. The molecule has 25 heavy (non-hydrogen) atoms. The zero-order valence-electron chi connectivity index (χ0n) is 12.9. The Morgan fingerprint density at radius 1 is 1.20 bits per heavy atom. The molecule has 0 bridgehead atoms. The summed E-state index contributed by atoms with van der Waals surface area (Å²) in [6.07, 6.45) is 0.0826. The van der Waals surface area contributed by atoms with E-state index in [2.05, 4.69) is 4.98 Å². The molecule has 1 heterocycles. The first-order chi connectivity index (χ1) is 12.0. The van der Waals surface area contributed by atoms with Gasteiger partial charge in [-0.25, -0.2) is 13.8 Å². The minimum atomic E-state index is -0.879. The van der Waals surface area contributed by atoms with Crippen molar-refractivity contribution >= 4 is 28.6 Å². The van der Waals surface area contributed by atoms with Gasteiger partial charge in [0.15, 0.2) is 5.16 Å². The molecule has 0 saturated heterocycles. The number of hydrogen-bond acceptors (Lipinski definition) is 4. The van der Waals surface area contributed by atoms with E-state index in [9.17, 15) is 18.4 Å². The second kappa shape index (κ2) is 7.02. The number of benzene rings is 2. The summed E-state index contributed by atoms with van der Waals surface area (Å²) in [5.74, 6) is -1.83. The SMILES string of the molecule is NC(=O)CCSc1nc2ccccc2c(=O)n1-c1ccc(F)cc1F. The molecule has 1 amide bonds. The van der Waals surface area contributed by atoms with E-state index in [0.717, 1.165) is 22.4 Å². The van der Waals surface area contributed by atoms with Gasteiger partial charge in [0.05, 0.1) is 16.6 Å². The molecule has 2 aromatic carbocycles. The average molecular weight is 361 g/mol. The molecule has 5 nitrogen and oxygen atoms in total. The van der Waals surface area contributed by atoms with Gasteiger partial charge in [-0.3, -0.25) is 14.2 Å². The highest BCUT2D eigenvalue weighted by Gasteiger charge is 2.16. The van der Waals surface area contributed by atoms with Gasteiger partial charge in [0.2, 0.25) is 5.91 Å². The monoisotopic (exact) mass is 361 g/mol. The fraction of sp³-hybridized carbons (Fsp3) is 0.118. The largest absolute Gasteiger partial charge is 0.370 e. The van der Waals surface area contributed by atoms with Crippen LogP contribution in [0, 0.1) is 11.6 Å². The van der Waals surface area contributed by atoms with Gasteiger partial charge in [0.25, 0.3) is 5.56 Å².